The van der Waals surface area contributed by atoms with Crippen LogP contribution in [0.5, 0.6) is 0 Å². The van der Waals surface area contributed by atoms with Crippen molar-refractivity contribution in [3.8, 4) is 0 Å². The molecule has 3 heteroatoms. The van der Waals surface area contributed by atoms with E-state index in [0.717, 1.165) is 9.68 Å². The first-order chi connectivity index (χ1) is 4.79. The van der Waals surface area contributed by atoms with Crippen LogP contribution in [0.15, 0.2) is 0 Å². The molecule has 0 aromatic carbocycles. The van der Waals surface area contributed by atoms with E-state index < -0.39 is 0 Å². The van der Waals surface area contributed by atoms with Gasteiger partial charge in [0, 0.05) is 10.2 Å². The molecule has 5 radical (unpaired) electrons. The van der Waals surface area contributed by atoms with Crippen molar-refractivity contribution in [3.05, 3.63) is 0 Å². The molecule has 1 rings (SSSR count). The molecule has 1 nitrogen and oxygen atoms in total. The van der Waals surface area contributed by atoms with Crippen molar-refractivity contribution in [2.45, 2.75) is 31.4 Å². The predicted molar refractivity (Wildman–Crippen MR) is 46.4 cm³/mol. The normalized spacial score (nSPS) is 24.6. The van der Waals surface area contributed by atoms with Gasteiger partial charge in [0.05, 0.1) is 0 Å². The Morgan fingerprint density at radius 2 is 1.90 bits per heavy atom. The molecule has 0 spiro atoms. The van der Waals surface area contributed by atoms with Crippen LogP contribution in [0.2, 0.25) is 5.16 Å². The fraction of sp³-hybridized carbons (Fsp3) is 1.00. The quantitative estimate of drug-likeness (QED) is 0.557. The van der Waals surface area contributed by atoms with E-state index in [-0.39, 0.29) is 0 Å². The summed E-state index contributed by atoms with van der Waals surface area (Å²) < 4.78 is 2.57. The third-order valence-electron chi connectivity index (χ3n) is 1.73. The van der Waals surface area contributed by atoms with Crippen molar-refractivity contribution in [1.82, 2.24) is 4.57 Å². The van der Waals surface area contributed by atoms with Gasteiger partial charge in [-0.25, -0.2) is 0 Å². The molecule has 1 saturated heterocycles. The topological polar surface area (TPSA) is 3.24 Å². The zero-order valence-electron chi connectivity index (χ0n) is 6.56. The van der Waals surface area contributed by atoms with Gasteiger partial charge in [0.2, 0.25) is 0 Å². The summed E-state index contributed by atoms with van der Waals surface area (Å²) in [6.45, 7) is 4.88. The van der Waals surface area contributed by atoms with Gasteiger partial charge in [0.15, 0.2) is 0 Å². The van der Waals surface area contributed by atoms with Gasteiger partial charge in [-0.1, -0.05) is 13.3 Å². The highest BCUT2D eigenvalue weighted by Gasteiger charge is 2.11. The van der Waals surface area contributed by atoms with Crippen LogP contribution in [0.25, 0.3) is 0 Å². The Labute approximate surface area is 69.5 Å². The second-order valence-corrected chi connectivity index (χ2v) is 6.10. The second kappa shape index (κ2) is 4.31. The van der Waals surface area contributed by atoms with E-state index in [4.69, 9.17) is 0 Å². The van der Waals surface area contributed by atoms with E-state index in [9.17, 15) is 0 Å². The summed E-state index contributed by atoms with van der Waals surface area (Å²) in [5.74, 6) is 0. The van der Waals surface area contributed by atoms with E-state index in [2.05, 4.69) is 21.7 Å². The zero-order chi connectivity index (χ0) is 7.40. The fourth-order valence-corrected chi connectivity index (χ4v) is 2.97. The van der Waals surface area contributed by atoms with Crippen molar-refractivity contribution in [2.75, 3.05) is 13.1 Å². The van der Waals surface area contributed by atoms with Crippen LogP contribution in [0.3, 0.4) is 0 Å². The first-order valence-electron chi connectivity index (χ1n) is 4.01. The van der Waals surface area contributed by atoms with Crippen molar-refractivity contribution < 1.29 is 0 Å². The molecule has 1 atom stereocenters. The fourth-order valence-electron chi connectivity index (χ4n) is 1.30. The first-order valence-corrected chi connectivity index (χ1v) is 5.61. The molecule has 55 valence electrons. The Morgan fingerprint density at radius 1 is 1.30 bits per heavy atom. The average Bonchev–Trinajstić information content (AvgIpc) is 1.88. The number of nitrogens with zero attached hydrogens (tertiary/aromatic N) is 1. The van der Waals surface area contributed by atoms with Crippen LogP contribution in [0.4, 0.5) is 0 Å². The highest BCUT2D eigenvalue weighted by molar-refractivity contribution is 6.47. The Kier molecular flexibility index (Phi) is 3.66. The molecule has 0 saturated carbocycles. The lowest BCUT2D eigenvalue weighted by atomic mass is 10.2. The molecule has 10 heavy (non-hydrogen) atoms. The highest BCUT2D eigenvalue weighted by Crippen LogP contribution is 2.09. The van der Waals surface area contributed by atoms with Crippen molar-refractivity contribution in [3.63, 3.8) is 0 Å². The lowest BCUT2D eigenvalue weighted by molar-refractivity contribution is 0.359. The van der Waals surface area contributed by atoms with E-state index >= 15 is 0 Å². The minimum atomic E-state index is 0.679. The molecular formula is C7H14NSi2. The number of hydrogen-bond donors (Lipinski definition) is 0. The number of hydrogen-bond acceptors (Lipinski definition) is 1. The van der Waals surface area contributed by atoms with Gasteiger partial charge >= 0.3 is 0 Å². The predicted octanol–water partition coefficient (Wildman–Crippen LogP) is 1.03. The maximum Gasteiger partial charge on any atom is 0.141 e. The summed E-state index contributed by atoms with van der Waals surface area (Å²) >= 11 is 0. The van der Waals surface area contributed by atoms with Gasteiger partial charge < -0.3 is 4.57 Å². The Morgan fingerprint density at radius 3 is 2.40 bits per heavy atom. The summed E-state index contributed by atoms with van der Waals surface area (Å²) in [5.41, 5.74) is 0. The molecule has 1 aliphatic rings. The summed E-state index contributed by atoms with van der Waals surface area (Å²) in [5, 5.41) is 0.679. The molecule has 0 aromatic rings. The van der Waals surface area contributed by atoms with Gasteiger partial charge in [-0.2, -0.15) is 0 Å². The second-order valence-electron chi connectivity index (χ2n) is 2.90. The van der Waals surface area contributed by atoms with Crippen molar-refractivity contribution in [1.29, 1.82) is 0 Å². The van der Waals surface area contributed by atoms with Crippen LogP contribution in [0.1, 0.15) is 26.2 Å². The number of piperidine rings is 1. The standard InChI is InChI=1S/C7H14NSi2/c1-7(9)10-8-5-3-2-4-6-8/h7H,2-6H2,1H3. The smallest absolute Gasteiger partial charge is 0.141 e. The summed E-state index contributed by atoms with van der Waals surface area (Å²) in [6.07, 6.45) is 4.26. The van der Waals surface area contributed by atoms with Gasteiger partial charge in [-0.05, 0) is 31.1 Å². The lowest BCUT2D eigenvalue weighted by Crippen LogP contribution is -2.34. The zero-order valence-corrected chi connectivity index (χ0v) is 8.56. The molecule has 0 N–H and O–H groups in total. The van der Waals surface area contributed by atoms with Gasteiger partial charge in [-0.15, -0.1) is 0 Å². The van der Waals surface area contributed by atoms with E-state index in [1.807, 2.05) is 0 Å². The largest absolute Gasteiger partial charge is 0.325 e. The SMILES string of the molecule is CC([Si])[Si]N1CCCCC1. The van der Waals surface area contributed by atoms with Gasteiger partial charge in [0.25, 0.3) is 0 Å². The molecule has 1 aliphatic heterocycles. The Bertz CT molecular complexity index is 89.6. The van der Waals surface area contributed by atoms with Crippen LogP contribution in [-0.2, 0) is 0 Å². The highest BCUT2D eigenvalue weighted by atomic mass is 28.3. The number of rotatable bonds is 2. The third-order valence-corrected chi connectivity index (χ3v) is 3.32. The van der Waals surface area contributed by atoms with Crippen LogP contribution < -0.4 is 0 Å². The minimum Gasteiger partial charge on any atom is -0.325 e. The maximum absolute atomic E-state index is 3.63. The summed E-state index contributed by atoms with van der Waals surface area (Å²) in [7, 11) is 4.61. The van der Waals surface area contributed by atoms with E-state index in [1.54, 1.807) is 0 Å². The van der Waals surface area contributed by atoms with E-state index in [0.29, 0.717) is 5.16 Å². The average molecular weight is 168 g/mol. The molecule has 0 aliphatic carbocycles. The molecule has 0 bridgehead atoms. The van der Waals surface area contributed by atoms with Crippen molar-refractivity contribution in [2.24, 2.45) is 0 Å². The summed E-state index contributed by atoms with van der Waals surface area (Å²) in [4.78, 5) is 0. The molecule has 1 unspecified atom stereocenters. The summed E-state index contributed by atoms with van der Waals surface area (Å²) in [6, 6.07) is 0. The monoisotopic (exact) mass is 168 g/mol. The van der Waals surface area contributed by atoms with Crippen LogP contribution >= 0.6 is 0 Å². The van der Waals surface area contributed by atoms with Crippen LogP contribution in [0, 0.1) is 0 Å². The first kappa shape index (κ1) is 8.49. The Hall–Kier alpha value is 0.394. The minimum absolute atomic E-state index is 0.679. The molecule has 0 amide bonds. The maximum atomic E-state index is 3.63. The van der Waals surface area contributed by atoms with Gasteiger partial charge in [0.1, 0.15) is 9.68 Å². The van der Waals surface area contributed by atoms with E-state index in [1.165, 1.54) is 32.4 Å². The lowest BCUT2D eigenvalue weighted by Gasteiger charge is -2.26. The van der Waals surface area contributed by atoms with Crippen molar-refractivity contribution >= 4 is 19.9 Å². The molecule has 0 aromatic heterocycles. The van der Waals surface area contributed by atoms with Gasteiger partial charge in [-0.3, -0.25) is 0 Å². The third kappa shape index (κ3) is 2.99. The molecule has 1 heterocycles. The molecular weight excluding hydrogens is 154 g/mol. The van der Waals surface area contributed by atoms with Crippen LogP contribution in [-0.4, -0.2) is 37.6 Å². The Balaban J connectivity index is 2.13. The molecule has 1 fully saturated rings.